The normalized spacial score (nSPS) is 22.2. The van der Waals surface area contributed by atoms with Crippen LogP contribution in [0.2, 0.25) is 0 Å². The van der Waals surface area contributed by atoms with Gasteiger partial charge in [-0.2, -0.15) is 5.10 Å². The van der Waals surface area contributed by atoms with Gasteiger partial charge in [-0.3, -0.25) is 9.59 Å². The minimum atomic E-state index is -0.484. The van der Waals surface area contributed by atoms with E-state index in [1.807, 2.05) is 38.4 Å². The number of anilines is 1. The van der Waals surface area contributed by atoms with Crippen molar-refractivity contribution in [1.29, 1.82) is 0 Å². The van der Waals surface area contributed by atoms with Crippen LogP contribution in [0, 0.1) is 5.92 Å². The fourth-order valence-corrected chi connectivity index (χ4v) is 2.85. The van der Waals surface area contributed by atoms with Crippen LogP contribution in [0.25, 0.3) is 0 Å². The van der Waals surface area contributed by atoms with E-state index in [1.54, 1.807) is 0 Å². The summed E-state index contributed by atoms with van der Waals surface area (Å²) >= 11 is 0. The van der Waals surface area contributed by atoms with E-state index in [1.165, 1.54) is 0 Å². The molecule has 2 N–H and O–H groups in total. The molecule has 1 aliphatic rings. The Bertz CT molecular complexity index is 634. The topological polar surface area (TPSA) is 76.0 Å². The number of nitrogens with one attached hydrogen (secondary N) is 2. The number of carbonyl (C=O) groups is 2. The van der Waals surface area contributed by atoms with Gasteiger partial charge >= 0.3 is 0 Å². The first-order valence-electron chi connectivity index (χ1n) is 8.59. The maximum absolute atomic E-state index is 12.6. The lowest BCUT2D eigenvalue weighted by Gasteiger charge is -2.28. The molecule has 0 radical (unpaired) electrons. The quantitative estimate of drug-likeness (QED) is 0.873. The van der Waals surface area contributed by atoms with Gasteiger partial charge < -0.3 is 10.6 Å². The van der Waals surface area contributed by atoms with Crippen LogP contribution < -0.4 is 10.6 Å². The summed E-state index contributed by atoms with van der Waals surface area (Å²) in [5, 5.41) is 10.4. The van der Waals surface area contributed by atoms with E-state index in [-0.39, 0.29) is 28.7 Å². The number of hydrogen-bond acceptors (Lipinski definition) is 3. The number of piperidine rings is 1. The zero-order chi connectivity index (χ0) is 18.3. The summed E-state index contributed by atoms with van der Waals surface area (Å²) in [6.45, 7) is 14.4. The molecule has 1 aliphatic heterocycles. The predicted octanol–water partition coefficient (Wildman–Crippen LogP) is 2.79. The summed E-state index contributed by atoms with van der Waals surface area (Å²) in [5.74, 6) is 0.645. The minimum Gasteiger partial charge on any atom is -0.344 e. The number of rotatable bonds is 2. The highest BCUT2D eigenvalue weighted by molar-refractivity contribution is 5.97. The van der Waals surface area contributed by atoms with E-state index in [0.29, 0.717) is 18.7 Å². The molecule has 6 nitrogen and oxygen atoms in total. The monoisotopic (exact) mass is 334 g/mol. The summed E-state index contributed by atoms with van der Waals surface area (Å²) in [6.07, 6.45) is 1.14. The highest BCUT2D eigenvalue weighted by atomic mass is 16.2. The number of carbonyl (C=O) groups excluding carboxylic acids is 2. The van der Waals surface area contributed by atoms with Crippen LogP contribution in [0.1, 0.15) is 67.0 Å². The van der Waals surface area contributed by atoms with Gasteiger partial charge in [0.2, 0.25) is 11.8 Å². The largest absolute Gasteiger partial charge is 0.344 e. The lowest BCUT2D eigenvalue weighted by molar-refractivity contribution is -0.129. The molecular weight excluding hydrogens is 304 g/mol. The molecule has 0 aliphatic carbocycles. The van der Waals surface area contributed by atoms with Crippen LogP contribution in [0.3, 0.4) is 0 Å². The average Bonchev–Trinajstić information content (AvgIpc) is 2.81. The van der Waals surface area contributed by atoms with Gasteiger partial charge in [-0.1, -0.05) is 27.7 Å². The molecule has 1 aromatic rings. The van der Waals surface area contributed by atoms with Crippen molar-refractivity contribution < 1.29 is 9.59 Å². The standard InChI is InChI=1S/C18H30N4O2/c1-11-8-12(19-15(23)9-11)16(24)20-14-10-13(17(2,3)4)21-22(14)18(5,6)7/h10-12H,8-9H2,1-7H3,(H,19,23)(H,20,24)/t11-,12-/m0/s1. The Morgan fingerprint density at radius 2 is 1.92 bits per heavy atom. The first kappa shape index (κ1) is 18.5. The van der Waals surface area contributed by atoms with Crippen LogP contribution in [0.4, 0.5) is 5.82 Å². The molecule has 0 aromatic carbocycles. The molecule has 24 heavy (non-hydrogen) atoms. The van der Waals surface area contributed by atoms with Crippen LogP contribution in [-0.4, -0.2) is 27.6 Å². The summed E-state index contributed by atoms with van der Waals surface area (Å²) in [7, 11) is 0. The van der Waals surface area contributed by atoms with Gasteiger partial charge in [0.15, 0.2) is 0 Å². The fourth-order valence-electron chi connectivity index (χ4n) is 2.85. The molecule has 2 atom stereocenters. The van der Waals surface area contributed by atoms with Crippen molar-refractivity contribution >= 4 is 17.6 Å². The van der Waals surface area contributed by atoms with E-state index < -0.39 is 6.04 Å². The molecule has 134 valence electrons. The molecule has 2 heterocycles. The van der Waals surface area contributed by atoms with Gasteiger partial charge in [0, 0.05) is 17.9 Å². The average molecular weight is 334 g/mol. The number of nitrogens with zero attached hydrogens (tertiary/aromatic N) is 2. The predicted molar refractivity (Wildman–Crippen MR) is 94.9 cm³/mol. The molecular formula is C18H30N4O2. The summed E-state index contributed by atoms with van der Waals surface area (Å²) in [6, 6.07) is 1.44. The van der Waals surface area contributed by atoms with Crippen molar-refractivity contribution in [3.8, 4) is 0 Å². The molecule has 1 saturated heterocycles. The van der Waals surface area contributed by atoms with Crippen molar-refractivity contribution in [2.45, 2.75) is 78.3 Å². The molecule has 0 unspecified atom stereocenters. The van der Waals surface area contributed by atoms with Crippen molar-refractivity contribution in [1.82, 2.24) is 15.1 Å². The number of aromatic nitrogens is 2. The Hall–Kier alpha value is -1.85. The highest BCUT2D eigenvalue weighted by Crippen LogP contribution is 2.28. The molecule has 0 saturated carbocycles. The molecule has 6 heteroatoms. The van der Waals surface area contributed by atoms with Crippen LogP contribution >= 0.6 is 0 Å². The molecule has 2 rings (SSSR count). The third-order valence-corrected chi connectivity index (χ3v) is 4.19. The fraction of sp³-hybridized carbons (Fsp3) is 0.722. The Balaban J connectivity index is 2.26. The summed E-state index contributed by atoms with van der Waals surface area (Å²) in [4.78, 5) is 24.3. The van der Waals surface area contributed by atoms with Crippen molar-refractivity contribution in [2.24, 2.45) is 5.92 Å². The smallest absolute Gasteiger partial charge is 0.248 e. The molecule has 0 bridgehead atoms. The third kappa shape index (κ3) is 4.16. The van der Waals surface area contributed by atoms with Gasteiger partial charge in [-0.15, -0.1) is 0 Å². The summed E-state index contributed by atoms with van der Waals surface area (Å²) < 4.78 is 1.85. The van der Waals surface area contributed by atoms with Gasteiger partial charge in [0.25, 0.3) is 0 Å². The maximum atomic E-state index is 12.6. The van der Waals surface area contributed by atoms with Crippen molar-refractivity contribution in [3.05, 3.63) is 11.8 Å². The van der Waals surface area contributed by atoms with E-state index in [9.17, 15) is 9.59 Å². The Morgan fingerprint density at radius 3 is 2.42 bits per heavy atom. The van der Waals surface area contributed by atoms with E-state index >= 15 is 0 Å². The van der Waals surface area contributed by atoms with E-state index in [4.69, 9.17) is 5.10 Å². The minimum absolute atomic E-state index is 0.0615. The van der Waals surface area contributed by atoms with Gasteiger partial charge in [-0.25, -0.2) is 4.68 Å². The number of hydrogen-bond donors (Lipinski definition) is 2. The van der Waals surface area contributed by atoms with E-state index in [0.717, 1.165) is 5.69 Å². The lowest BCUT2D eigenvalue weighted by Crippen LogP contribution is -2.49. The second-order valence-electron chi connectivity index (χ2n) is 8.90. The molecule has 1 fully saturated rings. The van der Waals surface area contributed by atoms with Crippen molar-refractivity contribution in [3.63, 3.8) is 0 Å². The lowest BCUT2D eigenvalue weighted by atomic mass is 9.92. The molecule has 1 aromatic heterocycles. The second kappa shape index (κ2) is 6.22. The van der Waals surface area contributed by atoms with Crippen LogP contribution in [0.15, 0.2) is 6.07 Å². The van der Waals surface area contributed by atoms with Crippen LogP contribution in [0.5, 0.6) is 0 Å². The Morgan fingerprint density at radius 1 is 1.29 bits per heavy atom. The maximum Gasteiger partial charge on any atom is 0.248 e. The number of amides is 2. The SMILES string of the molecule is C[C@@H]1CC(=O)N[C@H](C(=O)Nc2cc(C(C)(C)C)nn2C(C)(C)C)C1. The Labute approximate surface area is 144 Å². The first-order valence-corrected chi connectivity index (χ1v) is 8.59. The van der Waals surface area contributed by atoms with Gasteiger partial charge in [0.1, 0.15) is 11.9 Å². The molecule has 0 spiro atoms. The van der Waals surface area contributed by atoms with Gasteiger partial charge in [-0.05, 0) is 33.1 Å². The first-order chi connectivity index (χ1) is 10.9. The highest BCUT2D eigenvalue weighted by Gasteiger charge is 2.31. The molecule has 2 amide bonds. The third-order valence-electron chi connectivity index (χ3n) is 4.19. The zero-order valence-electron chi connectivity index (χ0n) is 15.9. The van der Waals surface area contributed by atoms with E-state index in [2.05, 4.69) is 31.4 Å². The van der Waals surface area contributed by atoms with Crippen molar-refractivity contribution in [2.75, 3.05) is 5.32 Å². The van der Waals surface area contributed by atoms with Crippen LogP contribution in [-0.2, 0) is 20.5 Å². The summed E-state index contributed by atoms with van der Waals surface area (Å²) in [5.41, 5.74) is 0.562. The Kier molecular flexibility index (Phi) is 4.79. The zero-order valence-corrected chi connectivity index (χ0v) is 15.9. The van der Waals surface area contributed by atoms with Gasteiger partial charge in [0.05, 0.1) is 11.2 Å². The second-order valence-corrected chi connectivity index (χ2v) is 8.90.